The monoisotopic (exact) mass is 402 g/mol. The average Bonchev–Trinajstić information content (AvgIpc) is 2.67. The fourth-order valence-electron chi connectivity index (χ4n) is 3.84. The van der Waals surface area contributed by atoms with Gasteiger partial charge in [-0.25, -0.2) is 4.39 Å². The molecule has 1 unspecified atom stereocenters. The molecule has 1 atom stereocenters. The SMILES string of the molecule is O=C(Nc1ccc2c(c1)C(=O)N1CCCCC1CCO2)c1c(F)cccc1Cl. The molecule has 4 rings (SSSR count). The molecule has 2 amide bonds. The first-order valence-electron chi connectivity index (χ1n) is 9.38. The number of benzene rings is 2. The predicted octanol–water partition coefficient (Wildman–Crippen LogP) is 4.51. The highest BCUT2D eigenvalue weighted by atomic mass is 35.5. The third-order valence-corrected chi connectivity index (χ3v) is 5.57. The molecule has 0 aliphatic carbocycles. The van der Waals surface area contributed by atoms with Crippen LogP contribution in [0.2, 0.25) is 5.02 Å². The Labute approximate surface area is 167 Å². The maximum absolute atomic E-state index is 14.0. The van der Waals surface area contributed by atoms with Crippen LogP contribution in [0.1, 0.15) is 46.4 Å². The Morgan fingerprint density at radius 1 is 1.21 bits per heavy atom. The van der Waals surface area contributed by atoms with Crippen LogP contribution in [-0.4, -0.2) is 35.9 Å². The molecule has 0 bridgehead atoms. The number of anilines is 1. The molecular formula is C21H20ClFN2O3. The second-order valence-electron chi connectivity index (χ2n) is 7.05. The number of hydrogen-bond acceptors (Lipinski definition) is 3. The summed E-state index contributed by atoms with van der Waals surface area (Å²) in [4.78, 5) is 27.5. The molecule has 2 aromatic rings. The number of nitrogens with zero attached hydrogens (tertiary/aromatic N) is 1. The number of carbonyl (C=O) groups is 2. The molecule has 2 aliphatic rings. The van der Waals surface area contributed by atoms with Crippen molar-refractivity contribution in [2.75, 3.05) is 18.5 Å². The zero-order valence-electron chi connectivity index (χ0n) is 15.2. The van der Waals surface area contributed by atoms with E-state index in [4.69, 9.17) is 16.3 Å². The quantitative estimate of drug-likeness (QED) is 0.804. The summed E-state index contributed by atoms with van der Waals surface area (Å²) < 4.78 is 19.8. The van der Waals surface area contributed by atoms with Gasteiger partial charge in [-0.1, -0.05) is 17.7 Å². The summed E-state index contributed by atoms with van der Waals surface area (Å²) in [5, 5.41) is 2.66. The Morgan fingerprint density at radius 3 is 2.89 bits per heavy atom. The smallest absolute Gasteiger partial charge is 0.260 e. The summed E-state index contributed by atoms with van der Waals surface area (Å²) in [6.07, 6.45) is 3.89. The lowest BCUT2D eigenvalue weighted by molar-refractivity contribution is 0.0548. The molecule has 2 heterocycles. The van der Waals surface area contributed by atoms with Crippen molar-refractivity contribution >= 4 is 29.1 Å². The van der Waals surface area contributed by atoms with Crippen LogP contribution in [0.3, 0.4) is 0 Å². The van der Waals surface area contributed by atoms with E-state index in [1.807, 2.05) is 4.90 Å². The first-order chi connectivity index (χ1) is 13.5. The molecule has 146 valence electrons. The Kier molecular flexibility index (Phi) is 5.22. The summed E-state index contributed by atoms with van der Waals surface area (Å²) in [5.74, 6) is -0.972. The molecule has 1 fully saturated rings. The van der Waals surface area contributed by atoms with Gasteiger partial charge in [0.15, 0.2) is 0 Å². The largest absolute Gasteiger partial charge is 0.493 e. The molecule has 2 aromatic carbocycles. The van der Waals surface area contributed by atoms with Crippen LogP contribution in [0.25, 0.3) is 0 Å². The van der Waals surface area contributed by atoms with Crippen molar-refractivity contribution in [1.29, 1.82) is 0 Å². The zero-order chi connectivity index (χ0) is 19.7. The number of fused-ring (bicyclic) bond motifs is 2. The average molecular weight is 403 g/mol. The summed E-state index contributed by atoms with van der Waals surface area (Å²) >= 11 is 5.96. The number of rotatable bonds is 2. The van der Waals surface area contributed by atoms with Crippen LogP contribution >= 0.6 is 11.6 Å². The van der Waals surface area contributed by atoms with Crippen molar-refractivity contribution in [3.8, 4) is 5.75 Å². The third kappa shape index (κ3) is 3.56. The number of carbonyl (C=O) groups excluding carboxylic acids is 2. The Bertz CT molecular complexity index is 914. The van der Waals surface area contributed by atoms with Gasteiger partial charge in [0, 0.05) is 24.7 Å². The molecular weight excluding hydrogens is 383 g/mol. The maximum Gasteiger partial charge on any atom is 0.260 e. The van der Waals surface area contributed by atoms with E-state index in [9.17, 15) is 14.0 Å². The van der Waals surface area contributed by atoms with Crippen LogP contribution in [-0.2, 0) is 0 Å². The van der Waals surface area contributed by atoms with Gasteiger partial charge in [0.2, 0.25) is 0 Å². The minimum Gasteiger partial charge on any atom is -0.493 e. The molecule has 5 nitrogen and oxygen atoms in total. The Balaban J connectivity index is 1.63. The lowest BCUT2D eigenvalue weighted by Gasteiger charge is -2.37. The molecule has 2 aliphatic heterocycles. The number of hydrogen-bond donors (Lipinski definition) is 1. The van der Waals surface area contributed by atoms with Gasteiger partial charge in [-0.05, 0) is 49.6 Å². The van der Waals surface area contributed by atoms with Gasteiger partial charge in [-0.2, -0.15) is 0 Å². The molecule has 0 saturated carbocycles. The minimum atomic E-state index is -0.702. The topological polar surface area (TPSA) is 58.6 Å². The molecule has 1 N–H and O–H groups in total. The van der Waals surface area contributed by atoms with Gasteiger partial charge in [-0.3, -0.25) is 9.59 Å². The fourth-order valence-corrected chi connectivity index (χ4v) is 4.09. The predicted molar refractivity (Wildman–Crippen MR) is 105 cm³/mol. The van der Waals surface area contributed by atoms with E-state index in [0.717, 1.165) is 32.2 Å². The summed E-state index contributed by atoms with van der Waals surface area (Å²) in [5.41, 5.74) is 0.563. The van der Waals surface area contributed by atoms with E-state index in [0.29, 0.717) is 23.6 Å². The van der Waals surface area contributed by atoms with Gasteiger partial charge in [-0.15, -0.1) is 0 Å². The molecule has 7 heteroatoms. The maximum atomic E-state index is 14.0. The minimum absolute atomic E-state index is 0.0271. The lowest BCUT2D eigenvalue weighted by Crippen LogP contribution is -2.45. The Hall–Kier alpha value is -2.60. The molecule has 1 saturated heterocycles. The van der Waals surface area contributed by atoms with E-state index in [2.05, 4.69) is 5.32 Å². The van der Waals surface area contributed by atoms with Crippen molar-refractivity contribution in [3.63, 3.8) is 0 Å². The highest BCUT2D eigenvalue weighted by molar-refractivity contribution is 6.34. The van der Waals surface area contributed by atoms with Crippen molar-refractivity contribution < 1.29 is 18.7 Å². The highest BCUT2D eigenvalue weighted by Gasteiger charge is 2.31. The third-order valence-electron chi connectivity index (χ3n) is 5.25. The van der Waals surface area contributed by atoms with Crippen LogP contribution < -0.4 is 10.1 Å². The second-order valence-corrected chi connectivity index (χ2v) is 7.45. The summed E-state index contributed by atoms with van der Waals surface area (Å²) in [6, 6.07) is 9.13. The van der Waals surface area contributed by atoms with Gasteiger partial charge in [0.1, 0.15) is 11.6 Å². The first kappa shape index (κ1) is 18.7. The molecule has 28 heavy (non-hydrogen) atoms. The Morgan fingerprint density at radius 2 is 2.07 bits per heavy atom. The van der Waals surface area contributed by atoms with Gasteiger partial charge >= 0.3 is 0 Å². The molecule has 0 spiro atoms. The van der Waals surface area contributed by atoms with Gasteiger partial charge in [0.25, 0.3) is 11.8 Å². The molecule has 0 radical (unpaired) electrons. The van der Waals surface area contributed by atoms with Crippen molar-refractivity contribution in [2.24, 2.45) is 0 Å². The normalized spacial score (nSPS) is 19.0. The number of halogens is 2. The van der Waals surface area contributed by atoms with Crippen LogP contribution in [0.4, 0.5) is 10.1 Å². The zero-order valence-corrected chi connectivity index (χ0v) is 16.0. The standard InChI is InChI=1S/C21H20ClFN2O3/c22-16-5-3-6-17(23)19(16)20(26)24-13-7-8-18-15(12-13)21(27)25-10-2-1-4-14(25)9-11-28-18/h3,5-8,12,14H,1-2,4,9-11H2,(H,24,26). The van der Waals surface area contributed by atoms with E-state index < -0.39 is 11.7 Å². The highest BCUT2D eigenvalue weighted by Crippen LogP contribution is 2.31. The van der Waals surface area contributed by atoms with Crippen LogP contribution in [0.15, 0.2) is 36.4 Å². The number of piperidine rings is 1. The first-order valence-corrected chi connectivity index (χ1v) is 9.75. The van der Waals surface area contributed by atoms with Crippen LogP contribution in [0.5, 0.6) is 5.75 Å². The van der Waals surface area contributed by atoms with Crippen LogP contribution in [0, 0.1) is 5.82 Å². The summed E-state index contributed by atoms with van der Waals surface area (Å²) in [6.45, 7) is 1.27. The fraction of sp³-hybridized carbons (Fsp3) is 0.333. The van der Waals surface area contributed by atoms with Crippen molar-refractivity contribution in [2.45, 2.75) is 31.7 Å². The van der Waals surface area contributed by atoms with E-state index >= 15 is 0 Å². The number of amides is 2. The van der Waals surface area contributed by atoms with Gasteiger partial charge in [0.05, 0.1) is 22.8 Å². The lowest BCUT2D eigenvalue weighted by atomic mass is 9.97. The van der Waals surface area contributed by atoms with Crippen molar-refractivity contribution in [1.82, 2.24) is 4.90 Å². The van der Waals surface area contributed by atoms with Crippen molar-refractivity contribution in [3.05, 3.63) is 58.4 Å². The van der Waals surface area contributed by atoms with Gasteiger partial charge < -0.3 is 15.0 Å². The molecule has 0 aromatic heterocycles. The van der Waals surface area contributed by atoms with E-state index in [-0.39, 0.29) is 22.5 Å². The van der Waals surface area contributed by atoms with E-state index in [1.54, 1.807) is 18.2 Å². The van der Waals surface area contributed by atoms with E-state index in [1.165, 1.54) is 18.2 Å². The number of ether oxygens (including phenoxy) is 1. The summed E-state index contributed by atoms with van der Waals surface area (Å²) in [7, 11) is 0. The number of nitrogens with one attached hydrogen (secondary N) is 1. The second kappa shape index (κ2) is 7.80.